The van der Waals surface area contributed by atoms with Gasteiger partial charge in [0, 0.05) is 50.2 Å². The number of pyridine rings is 1. The van der Waals surface area contributed by atoms with Crippen molar-refractivity contribution in [2.24, 2.45) is 0 Å². The summed E-state index contributed by atoms with van der Waals surface area (Å²) in [6.45, 7) is 1.16. The second kappa shape index (κ2) is 9.15. The Morgan fingerprint density at radius 2 is 2.03 bits per heavy atom. The fourth-order valence-corrected chi connectivity index (χ4v) is 5.91. The first-order chi connectivity index (χ1) is 16.4. The maximum Gasteiger partial charge on any atom is 0.246 e. The zero-order valence-corrected chi connectivity index (χ0v) is 19.5. The second-order valence-electron chi connectivity index (χ2n) is 8.48. The Hall–Kier alpha value is -3.31. The number of fused-ring (bicyclic) bond motifs is 1. The van der Waals surface area contributed by atoms with Gasteiger partial charge in [-0.15, -0.1) is 0 Å². The number of piperidine rings is 1. The van der Waals surface area contributed by atoms with Crippen molar-refractivity contribution in [2.75, 3.05) is 18.4 Å². The van der Waals surface area contributed by atoms with Crippen molar-refractivity contribution in [1.29, 1.82) is 0 Å². The molecule has 4 aromatic rings. The van der Waals surface area contributed by atoms with Crippen LogP contribution in [0.2, 0.25) is 0 Å². The topological polar surface area (TPSA) is 92.5 Å². The molecule has 0 amide bonds. The van der Waals surface area contributed by atoms with Crippen molar-refractivity contribution in [3.05, 3.63) is 78.1 Å². The van der Waals surface area contributed by atoms with Gasteiger partial charge in [0.25, 0.3) is 0 Å². The molecule has 0 bridgehead atoms. The number of halogens is 1. The van der Waals surface area contributed by atoms with E-state index < -0.39 is 15.8 Å². The molecule has 0 spiro atoms. The number of nitrogens with one attached hydrogen (secondary N) is 1. The van der Waals surface area contributed by atoms with Gasteiger partial charge in [-0.05, 0) is 42.1 Å². The molecule has 0 radical (unpaired) electrons. The van der Waals surface area contributed by atoms with Gasteiger partial charge in [-0.1, -0.05) is 18.2 Å². The Balaban J connectivity index is 1.45. The molecule has 1 aliphatic rings. The Bertz CT molecular complexity index is 1430. The van der Waals surface area contributed by atoms with Crippen molar-refractivity contribution in [2.45, 2.75) is 30.2 Å². The fourth-order valence-electron chi connectivity index (χ4n) is 4.32. The first kappa shape index (κ1) is 22.5. The van der Waals surface area contributed by atoms with E-state index in [2.05, 4.69) is 15.4 Å². The van der Waals surface area contributed by atoms with Gasteiger partial charge in [-0.2, -0.15) is 13.9 Å². The predicted octanol–water partition coefficient (Wildman–Crippen LogP) is 1.70. The third-order valence-corrected chi connectivity index (χ3v) is 8.02. The molecule has 8 nitrogen and oxygen atoms in total. The number of anilines is 1. The van der Waals surface area contributed by atoms with Gasteiger partial charge in [0.05, 0.1) is 5.69 Å². The van der Waals surface area contributed by atoms with Crippen LogP contribution in [0.5, 0.6) is 0 Å². The standard InChI is InChI=1S/C23H24BFN6O2S/c24-18-14-28-31-22(27-13-16-5-3-9-26-12-16)11-20(29-23(18)31)17-6-4-10-30(15-17)34(32,33)21-8-2-1-7-19(21)25/h1-3,5,7-9,11-12,14,17,27H,4,6,10,13,15,24H2. The maximum absolute atomic E-state index is 14.3. The van der Waals surface area contributed by atoms with Crippen molar-refractivity contribution >= 4 is 34.8 Å². The smallest absolute Gasteiger partial charge is 0.246 e. The highest BCUT2D eigenvalue weighted by atomic mass is 32.2. The average Bonchev–Trinajstić information content (AvgIpc) is 3.24. The van der Waals surface area contributed by atoms with E-state index >= 15 is 0 Å². The summed E-state index contributed by atoms with van der Waals surface area (Å²) >= 11 is 0. The maximum atomic E-state index is 14.3. The van der Waals surface area contributed by atoms with E-state index in [1.165, 1.54) is 28.6 Å². The highest BCUT2D eigenvalue weighted by Crippen LogP contribution is 2.31. The lowest BCUT2D eigenvalue weighted by Crippen LogP contribution is -2.39. The van der Waals surface area contributed by atoms with Gasteiger partial charge in [0.2, 0.25) is 10.0 Å². The van der Waals surface area contributed by atoms with Crippen molar-refractivity contribution < 1.29 is 12.8 Å². The third-order valence-electron chi connectivity index (χ3n) is 6.12. The normalized spacial score (nSPS) is 17.1. The van der Waals surface area contributed by atoms with Crippen LogP contribution in [0.1, 0.15) is 30.0 Å². The lowest BCUT2D eigenvalue weighted by Gasteiger charge is -2.32. The molecule has 1 aliphatic heterocycles. The summed E-state index contributed by atoms with van der Waals surface area (Å²) in [5, 5.41) is 7.86. The van der Waals surface area contributed by atoms with Crippen LogP contribution >= 0.6 is 0 Å². The number of aromatic nitrogens is 4. The molecule has 174 valence electrons. The zero-order chi connectivity index (χ0) is 23.7. The van der Waals surface area contributed by atoms with Crippen LogP contribution in [-0.2, 0) is 16.6 Å². The molecule has 4 heterocycles. The van der Waals surface area contributed by atoms with Crippen LogP contribution in [0.3, 0.4) is 0 Å². The number of hydrogen-bond donors (Lipinski definition) is 1. The van der Waals surface area contributed by atoms with Crippen LogP contribution < -0.4 is 10.8 Å². The van der Waals surface area contributed by atoms with Crippen LogP contribution in [-0.4, -0.2) is 53.2 Å². The number of nitrogens with zero attached hydrogens (tertiary/aromatic N) is 5. The minimum Gasteiger partial charge on any atom is -0.366 e. The predicted molar refractivity (Wildman–Crippen MR) is 130 cm³/mol. The van der Waals surface area contributed by atoms with E-state index in [0.717, 1.165) is 34.6 Å². The van der Waals surface area contributed by atoms with Gasteiger partial charge >= 0.3 is 0 Å². The Labute approximate surface area is 198 Å². The van der Waals surface area contributed by atoms with Crippen LogP contribution in [0.25, 0.3) is 5.65 Å². The lowest BCUT2D eigenvalue weighted by atomic mass is 9.95. The third kappa shape index (κ3) is 4.28. The molecule has 5 rings (SSSR count). The van der Waals surface area contributed by atoms with Crippen LogP contribution in [0.4, 0.5) is 10.2 Å². The number of rotatable bonds is 6. The molecule has 1 atom stereocenters. The second-order valence-corrected chi connectivity index (χ2v) is 10.4. The van der Waals surface area contributed by atoms with Gasteiger partial charge in [0.1, 0.15) is 24.4 Å². The first-order valence-corrected chi connectivity index (χ1v) is 12.6. The van der Waals surface area contributed by atoms with Gasteiger partial charge in [-0.3, -0.25) is 4.98 Å². The van der Waals surface area contributed by atoms with Gasteiger partial charge in [-0.25, -0.2) is 17.8 Å². The van der Waals surface area contributed by atoms with E-state index in [0.29, 0.717) is 19.5 Å². The van der Waals surface area contributed by atoms with Crippen molar-refractivity contribution in [1.82, 2.24) is 23.9 Å². The van der Waals surface area contributed by atoms with E-state index in [1.54, 1.807) is 23.1 Å². The van der Waals surface area contributed by atoms with Crippen molar-refractivity contribution in [3.63, 3.8) is 0 Å². The van der Waals surface area contributed by atoms with Crippen LogP contribution in [0.15, 0.2) is 66.0 Å². The summed E-state index contributed by atoms with van der Waals surface area (Å²) in [4.78, 5) is 8.70. The number of sulfonamides is 1. The van der Waals surface area contributed by atoms with E-state index in [9.17, 15) is 12.8 Å². The van der Waals surface area contributed by atoms with E-state index in [1.807, 2.05) is 26.0 Å². The quantitative estimate of drug-likeness (QED) is 0.425. The van der Waals surface area contributed by atoms with Gasteiger partial charge in [0.15, 0.2) is 5.65 Å². The Kier molecular flexibility index (Phi) is 6.05. The molecule has 1 N–H and O–H groups in total. The Morgan fingerprint density at radius 3 is 2.82 bits per heavy atom. The molecular weight excluding hydrogens is 454 g/mol. The first-order valence-electron chi connectivity index (χ1n) is 11.2. The molecule has 1 fully saturated rings. The zero-order valence-electron chi connectivity index (χ0n) is 18.7. The fraction of sp³-hybridized carbons (Fsp3) is 0.261. The molecule has 1 unspecified atom stereocenters. The van der Waals surface area contributed by atoms with Crippen molar-refractivity contribution in [3.8, 4) is 0 Å². The summed E-state index contributed by atoms with van der Waals surface area (Å²) in [5.41, 5.74) is 3.47. The minimum atomic E-state index is -3.94. The average molecular weight is 478 g/mol. The number of benzene rings is 1. The molecule has 3 aromatic heterocycles. The molecule has 1 saturated heterocycles. The molecular formula is C23H24BFN6O2S. The van der Waals surface area contributed by atoms with Crippen LogP contribution in [0, 0.1) is 5.82 Å². The Morgan fingerprint density at radius 1 is 1.18 bits per heavy atom. The molecule has 1 aromatic carbocycles. The highest BCUT2D eigenvalue weighted by molar-refractivity contribution is 7.89. The number of hydrogen-bond acceptors (Lipinski definition) is 6. The molecule has 34 heavy (non-hydrogen) atoms. The van der Waals surface area contributed by atoms with E-state index in [4.69, 9.17) is 4.98 Å². The summed E-state index contributed by atoms with van der Waals surface area (Å²) in [6.07, 6.45) is 6.75. The molecule has 0 aliphatic carbocycles. The largest absolute Gasteiger partial charge is 0.366 e. The lowest BCUT2D eigenvalue weighted by molar-refractivity contribution is 0.311. The van der Waals surface area contributed by atoms with E-state index in [-0.39, 0.29) is 17.4 Å². The minimum absolute atomic E-state index is 0.117. The van der Waals surface area contributed by atoms with Gasteiger partial charge < -0.3 is 5.32 Å². The molecule has 11 heteroatoms. The SMILES string of the molecule is Bc1cnn2c(NCc3cccnc3)cc(C3CCCN(S(=O)(=O)c4ccccc4F)C3)nc12. The summed E-state index contributed by atoms with van der Waals surface area (Å²) in [6, 6.07) is 11.3. The summed E-state index contributed by atoms with van der Waals surface area (Å²) < 4.78 is 43.7. The summed E-state index contributed by atoms with van der Waals surface area (Å²) in [7, 11) is -2.00. The monoisotopic (exact) mass is 478 g/mol. The molecule has 0 saturated carbocycles. The highest BCUT2D eigenvalue weighted by Gasteiger charge is 2.33. The summed E-state index contributed by atoms with van der Waals surface area (Å²) in [5.74, 6) is -0.0829.